The molecule has 0 amide bonds. The van der Waals surface area contributed by atoms with Crippen LogP contribution in [0, 0.1) is 12.8 Å². The predicted octanol–water partition coefficient (Wildman–Crippen LogP) is 5.25. The lowest BCUT2D eigenvalue weighted by Crippen LogP contribution is -2.62. The zero-order chi connectivity index (χ0) is 24.8. The van der Waals surface area contributed by atoms with E-state index in [1.54, 1.807) is 13.1 Å². The number of carbonyl (C=O) groups excluding carboxylic acids is 1. The van der Waals surface area contributed by atoms with Gasteiger partial charge in [0.25, 0.3) is 0 Å². The number of carbonyl (C=O) groups is 1. The largest absolute Gasteiger partial charge is 0.489 e. The number of Topliss-reactive ketones (excluding diaryl/α,β-unsaturated/α-hetero) is 1. The number of rotatable bonds is 5. The summed E-state index contributed by atoms with van der Waals surface area (Å²) >= 11 is 0. The van der Waals surface area contributed by atoms with Gasteiger partial charge in [0.1, 0.15) is 18.0 Å². The van der Waals surface area contributed by atoms with Crippen molar-refractivity contribution in [3.05, 3.63) is 94.8 Å². The molecule has 0 aliphatic heterocycles. The van der Waals surface area contributed by atoms with Gasteiger partial charge in [0.2, 0.25) is 0 Å². The molecule has 0 radical (unpaired) electrons. The maximum atomic E-state index is 13.4. The van der Waals surface area contributed by atoms with Crippen LogP contribution in [0.4, 0.5) is 0 Å². The molecule has 2 aromatic carbocycles. The van der Waals surface area contributed by atoms with Gasteiger partial charge in [-0.15, -0.1) is 0 Å². The van der Waals surface area contributed by atoms with E-state index in [9.17, 15) is 15.0 Å². The minimum absolute atomic E-state index is 0.0639. The molecule has 182 valence electrons. The Labute approximate surface area is 206 Å². The lowest BCUT2D eigenvalue weighted by Gasteiger charge is -2.58. The van der Waals surface area contributed by atoms with E-state index in [0.717, 1.165) is 23.2 Å². The summed E-state index contributed by atoms with van der Waals surface area (Å²) < 4.78 is 6.04. The number of hydrogen-bond acceptors (Lipinski definition) is 5. The van der Waals surface area contributed by atoms with Gasteiger partial charge in [0.15, 0.2) is 5.78 Å². The summed E-state index contributed by atoms with van der Waals surface area (Å²) in [6.45, 7) is 6.18. The van der Waals surface area contributed by atoms with Crippen LogP contribution in [-0.4, -0.2) is 26.6 Å². The highest BCUT2D eigenvalue weighted by molar-refractivity contribution is 6.00. The van der Waals surface area contributed by atoms with E-state index in [2.05, 4.69) is 11.9 Å². The average molecular weight is 472 g/mol. The van der Waals surface area contributed by atoms with Gasteiger partial charge >= 0.3 is 0 Å². The molecular formula is C30H33NO4. The van der Waals surface area contributed by atoms with Crippen LogP contribution in [0.5, 0.6) is 5.75 Å². The number of ether oxygens (including phenoxy) is 1. The fourth-order valence-corrected chi connectivity index (χ4v) is 6.45. The Kier molecular flexibility index (Phi) is 5.81. The number of aromatic nitrogens is 1. The van der Waals surface area contributed by atoms with Crippen molar-refractivity contribution in [2.24, 2.45) is 5.92 Å². The van der Waals surface area contributed by atoms with Crippen molar-refractivity contribution in [1.29, 1.82) is 0 Å². The second-order valence-corrected chi connectivity index (χ2v) is 10.5. The summed E-state index contributed by atoms with van der Waals surface area (Å²) in [6, 6.07) is 19.0. The molecule has 2 N–H and O–H groups in total. The Balaban J connectivity index is 1.50. The number of ketones is 1. The number of pyridine rings is 1. The van der Waals surface area contributed by atoms with Crippen LogP contribution in [0.1, 0.15) is 72.3 Å². The number of hydrogen-bond donors (Lipinski definition) is 2. The predicted molar refractivity (Wildman–Crippen MR) is 134 cm³/mol. The van der Waals surface area contributed by atoms with Crippen molar-refractivity contribution >= 4 is 5.78 Å². The molecule has 35 heavy (non-hydrogen) atoms. The average Bonchev–Trinajstić information content (AvgIpc) is 2.85. The monoisotopic (exact) mass is 471 g/mol. The SMILES string of the molecule is CC[C@@]12C[C@@](C)(O)[C@](O)(c3ccccc3)C[C@H]1CC(=O)c1cc(OCc3cccnc3C)ccc12. The van der Waals surface area contributed by atoms with Crippen LogP contribution in [0.25, 0.3) is 0 Å². The smallest absolute Gasteiger partial charge is 0.163 e. The molecule has 0 spiro atoms. The summed E-state index contributed by atoms with van der Waals surface area (Å²) in [6.07, 6.45) is 3.59. The first-order chi connectivity index (χ1) is 16.7. The number of aryl methyl sites for hydroxylation is 1. The molecule has 5 rings (SSSR count). The van der Waals surface area contributed by atoms with E-state index >= 15 is 0 Å². The summed E-state index contributed by atoms with van der Waals surface area (Å²) in [7, 11) is 0. The van der Waals surface area contributed by atoms with E-state index in [0.29, 0.717) is 42.7 Å². The van der Waals surface area contributed by atoms with Crippen molar-refractivity contribution in [2.75, 3.05) is 0 Å². The van der Waals surface area contributed by atoms with Crippen LogP contribution in [0.3, 0.4) is 0 Å². The quantitative estimate of drug-likeness (QED) is 0.531. The number of fused-ring (bicyclic) bond motifs is 3. The molecule has 5 nitrogen and oxygen atoms in total. The van der Waals surface area contributed by atoms with Gasteiger partial charge in [-0.1, -0.05) is 49.4 Å². The van der Waals surface area contributed by atoms with Crippen molar-refractivity contribution in [1.82, 2.24) is 4.98 Å². The minimum Gasteiger partial charge on any atom is -0.489 e. The molecule has 0 saturated heterocycles. The highest BCUT2D eigenvalue weighted by Gasteiger charge is 2.61. The third-order valence-corrected chi connectivity index (χ3v) is 8.53. The number of benzene rings is 2. The van der Waals surface area contributed by atoms with Crippen molar-refractivity contribution in [3.63, 3.8) is 0 Å². The Morgan fingerprint density at radius 2 is 1.86 bits per heavy atom. The van der Waals surface area contributed by atoms with Crippen molar-refractivity contribution < 1.29 is 19.7 Å². The molecule has 1 heterocycles. The molecule has 0 unspecified atom stereocenters. The van der Waals surface area contributed by atoms with Gasteiger partial charge in [0, 0.05) is 34.9 Å². The van der Waals surface area contributed by atoms with Gasteiger partial charge in [0.05, 0.1) is 5.60 Å². The van der Waals surface area contributed by atoms with Gasteiger partial charge in [-0.3, -0.25) is 9.78 Å². The van der Waals surface area contributed by atoms with Crippen molar-refractivity contribution in [3.8, 4) is 5.75 Å². The maximum absolute atomic E-state index is 13.4. The molecule has 2 aliphatic carbocycles. The van der Waals surface area contributed by atoms with Gasteiger partial charge in [-0.2, -0.15) is 0 Å². The zero-order valence-electron chi connectivity index (χ0n) is 20.6. The van der Waals surface area contributed by atoms with Gasteiger partial charge in [-0.25, -0.2) is 0 Å². The molecule has 1 aromatic heterocycles. The molecule has 5 heteroatoms. The third kappa shape index (κ3) is 3.78. The lowest BCUT2D eigenvalue weighted by atomic mass is 9.48. The highest BCUT2D eigenvalue weighted by atomic mass is 16.5. The van der Waals surface area contributed by atoms with Crippen molar-refractivity contribution in [2.45, 2.75) is 69.7 Å². The van der Waals surface area contributed by atoms with E-state index in [4.69, 9.17) is 4.74 Å². The fraction of sp³-hybridized carbons (Fsp3) is 0.400. The van der Waals surface area contributed by atoms with Gasteiger partial charge in [-0.05, 0) is 68.4 Å². The molecule has 3 aromatic rings. The third-order valence-electron chi connectivity index (χ3n) is 8.53. The Morgan fingerprint density at radius 3 is 2.57 bits per heavy atom. The first-order valence-corrected chi connectivity index (χ1v) is 12.4. The standard InChI is InChI=1S/C30H33NO4/c1-4-29-19-28(3,33)30(34,22-10-6-5-7-11-22)17-23(29)15-27(32)25-16-24(12-13-26(25)29)35-18-21-9-8-14-31-20(21)2/h5-14,16,23,33-34H,4,15,17-19H2,1-3H3/t23-,28-,29-,30-/m1/s1. The van der Waals surface area contributed by atoms with Gasteiger partial charge < -0.3 is 14.9 Å². The van der Waals surface area contributed by atoms with Crippen LogP contribution in [0.2, 0.25) is 0 Å². The first-order valence-electron chi connectivity index (χ1n) is 12.4. The normalized spacial score (nSPS) is 29.9. The topological polar surface area (TPSA) is 79.7 Å². The Bertz CT molecular complexity index is 1250. The van der Waals surface area contributed by atoms with E-state index in [1.165, 1.54) is 0 Å². The van der Waals surface area contributed by atoms with E-state index in [-0.39, 0.29) is 11.7 Å². The summed E-state index contributed by atoms with van der Waals surface area (Å²) in [4.78, 5) is 17.7. The number of aliphatic hydroxyl groups is 2. The van der Waals surface area contributed by atoms with Crippen LogP contribution < -0.4 is 4.74 Å². The molecule has 1 saturated carbocycles. The summed E-state index contributed by atoms with van der Waals surface area (Å²) in [5.41, 5.74) is 1.08. The van der Waals surface area contributed by atoms with Crippen LogP contribution in [-0.2, 0) is 17.6 Å². The maximum Gasteiger partial charge on any atom is 0.163 e. The highest BCUT2D eigenvalue weighted by Crippen LogP contribution is 2.60. The van der Waals surface area contributed by atoms with Crippen LogP contribution >= 0.6 is 0 Å². The van der Waals surface area contributed by atoms with E-state index in [1.807, 2.05) is 67.6 Å². The number of nitrogens with zero attached hydrogens (tertiary/aromatic N) is 1. The fourth-order valence-electron chi connectivity index (χ4n) is 6.45. The molecule has 1 fully saturated rings. The Morgan fingerprint density at radius 1 is 1.09 bits per heavy atom. The molecular weight excluding hydrogens is 438 g/mol. The summed E-state index contributed by atoms with van der Waals surface area (Å²) in [5.74, 6) is 0.644. The van der Waals surface area contributed by atoms with Crippen LogP contribution in [0.15, 0.2) is 66.9 Å². The lowest BCUT2D eigenvalue weighted by molar-refractivity contribution is -0.203. The second kappa shape index (κ2) is 8.58. The minimum atomic E-state index is -1.42. The molecule has 2 aliphatic rings. The zero-order valence-corrected chi connectivity index (χ0v) is 20.6. The summed E-state index contributed by atoms with van der Waals surface area (Å²) in [5, 5.41) is 23.5. The Hall–Kier alpha value is -3.02. The second-order valence-electron chi connectivity index (χ2n) is 10.5. The van der Waals surface area contributed by atoms with E-state index < -0.39 is 16.6 Å². The molecule has 0 bridgehead atoms. The molecule has 4 atom stereocenters. The first kappa shape index (κ1) is 23.7.